The van der Waals surface area contributed by atoms with Crippen molar-refractivity contribution in [1.29, 1.82) is 0 Å². The van der Waals surface area contributed by atoms with E-state index in [4.69, 9.17) is 0 Å². The van der Waals surface area contributed by atoms with Crippen molar-refractivity contribution in [3.63, 3.8) is 0 Å². The van der Waals surface area contributed by atoms with Crippen LogP contribution in [0.25, 0.3) is 10.1 Å². The number of nitrogens with zero attached hydrogens (tertiary/aromatic N) is 2. The van der Waals surface area contributed by atoms with Gasteiger partial charge in [-0.05, 0) is 29.9 Å². The molecule has 0 bridgehead atoms. The Morgan fingerprint density at radius 1 is 1.35 bits per heavy atom. The first-order chi connectivity index (χ1) is 11.3. The highest BCUT2D eigenvalue weighted by molar-refractivity contribution is 7.21. The third-order valence-electron chi connectivity index (χ3n) is 3.84. The second-order valence-electron chi connectivity index (χ2n) is 5.57. The van der Waals surface area contributed by atoms with E-state index in [1.54, 1.807) is 23.9 Å². The number of benzene rings is 1. The first-order valence-corrected chi connectivity index (χ1v) is 8.85. The lowest BCUT2D eigenvalue weighted by atomic mass is 10.1. The van der Waals surface area contributed by atoms with Crippen LogP contribution in [-0.2, 0) is 13.0 Å². The van der Waals surface area contributed by atoms with Gasteiger partial charge in [-0.15, -0.1) is 11.3 Å². The second kappa shape index (κ2) is 7.42. The fraction of sp³-hybridized carbons (Fsp3) is 0.333. The average molecular weight is 327 g/mol. The van der Waals surface area contributed by atoms with Crippen LogP contribution >= 0.6 is 11.3 Å². The van der Waals surface area contributed by atoms with E-state index >= 15 is 0 Å². The van der Waals surface area contributed by atoms with Crippen LogP contribution in [0.15, 0.2) is 43.0 Å². The number of rotatable bonds is 7. The highest BCUT2D eigenvalue weighted by atomic mass is 32.1. The molecule has 2 heterocycles. The van der Waals surface area contributed by atoms with Gasteiger partial charge in [-0.3, -0.25) is 4.79 Å². The Bertz CT molecular complexity index is 777. The zero-order valence-corrected chi connectivity index (χ0v) is 14.1. The van der Waals surface area contributed by atoms with Crippen LogP contribution in [-0.4, -0.2) is 22.0 Å². The SMILES string of the molecule is CCCc1c(C(=O)NCCCn2ccnc2)sc2ccccc12. The van der Waals surface area contributed by atoms with Gasteiger partial charge in [-0.25, -0.2) is 4.98 Å². The molecule has 1 aromatic carbocycles. The molecule has 4 nitrogen and oxygen atoms in total. The van der Waals surface area contributed by atoms with Crippen LogP contribution in [0.5, 0.6) is 0 Å². The molecular weight excluding hydrogens is 306 g/mol. The van der Waals surface area contributed by atoms with Crippen LogP contribution in [0, 0.1) is 0 Å². The van der Waals surface area contributed by atoms with E-state index in [9.17, 15) is 4.79 Å². The average Bonchev–Trinajstić information content (AvgIpc) is 3.20. The number of hydrogen-bond acceptors (Lipinski definition) is 3. The van der Waals surface area contributed by atoms with E-state index in [2.05, 4.69) is 29.4 Å². The first-order valence-electron chi connectivity index (χ1n) is 8.04. The van der Waals surface area contributed by atoms with Crippen molar-refractivity contribution < 1.29 is 4.79 Å². The zero-order valence-electron chi connectivity index (χ0n) is 13.3. The lowest BCUT2D eigenvalue weighted by molar-refractivity contribution is 0.0956. The lowest BCUT2D eigenvalue weighted by Gasteiger charge is -2.06. The summed E-state index contributed by atoms with van der Waals surface area (Å²) in [5.74, 6) is 0.0558. The van der Waals surface area contributed by atoms with E-state index in [-0.39, 0.29) is 5.91 Å². The van der Waals surface area contributed by atoms with Gasteiger partial charge in [0.2, 0.25) is 0 Å². The van der Waals surface area contributed by atoms with Gasteiger partial charge >= 0.3 is 0 Å². The van der Waals surface area contributed by atoms with E-state index in [1.165, 1.54) is 15.6 Å². The van der Waals surface area contributed by atoms with E-state index < -0.39 is 0 Å². The van der Waals surface area contributed by atoms with E-state index in [1.807, 2.05) is 22.9 Å². The topological polar surface area (TPSA) is 46.9 Å². The predicted molar refractivity (Wildman–Crippen MR) is 95.0 cm³/mol. The summed E-state index contributed by atoms with van der Waals surface area (Å²) in [6, 6.07) is 8.28. The monoisotopic (exact) mass is 327 g/mol. The van der Waals surface area contributed by atoms with Gasteiger partial charge in [-0.2, -0.15) is 0 Å². The first kappa shape index (κ1) is 15.7. The third kappa shape index (κ3) is 3.62. The summed E-state index contributed by atoms with van der Waals surface area (Å²) in [4.78, 5) is 17.4. The number of aryl methyl sites for hydroxylation is 2. The van der Waals surface area contributed by atoms with Gasteiger partial charge in [0.15, 0.2) is 0 Å². The number of nitrogens with one attached hydrogen (secondary N) is 1. The predicted octanol–water partition coefficient (Wildman–Crippen LogP) is 3.87. The van der Waals surface area contributed by atoms with Gasteiger partial charge in [0.25, 0.3) is 5.91 Å². The minimum Gasteiger partial charge on any atom is -0.351 e. The van der Waals surface area contributed by atoms with Gasteiger partial charge in [0.1, 0.15) is 0 Å². The summed E-state index contributed by atoms with van der Waals surface area (Å²) >= 11 is 1.60. The Morgan fingerprint density at radius 3 is 3.00 bits per heavy atom. The van der Waals surface area contributed by atoms with Crippen molar-refractivity contribution in [2.45, 2.75) is 32.7 Å². The summed E-state index contributed by atoms with van der Waals surface area (Å²) in [6.45, 7) is 3.70. The van der Waals surface area contributed by atoms with Crippen molar-refractivity contribution in [1.82, 2.24) is 14.9 Å². The normalized spacial score (nSPS) is 11.0. The molecule has 0 aliphatic heterocycles. The highest BCUT2D eigenvalue weighted by Gasteiger charge is 2.17. The second-order valence-corrected chi connectivity index (χ2v) is 6.62. The summed E-state index contributed by atoms with van der Waals surface area (Å²) < 4.78 is 3.22. The third-order valence-corrected chi connectivity index (χ3v) is 5.05. The summed E-state index contributed by atoms with van der Waals surface area (Å²) in [5.41, 5.74) is 1.19. The van der Waals surface area contributed by atoms with E-state index in [0.717, 1.165) is 30.7 Å². The maximum absolute atomic E-state index is 12.6. The minimum atomic E-state index is 0.0558. The molecule has 0 radical (unpaired) electrons. The van der Waals surface area contributed by atoms with Gasteiger partial charge in [0, 0.05) is 30.2 Å². The molecular formula is C18H21N3OS. The number of carbonyl (C=O) groups excluding carboxylic acids is 1. The van der Waals surface area contributed by atoms with Crippen LogP contribution in [0.3, 0.4) is 0 Å². The van der Waals surface area contributed by atoms with Gasteiger partial charge in [0.05, 0.1) is 11.2 Å². The Labute approximate surface area is 140 Å². The number of hydrogen-bond donors (Lipinski definition) is 1. The summed E-state index contributed by atoms with van der Waals surface area (Å²) in [6.07, 6.45) is 8.40. The molecule has 0 fully saturated rings. The van der Waals surface area contributed by atoms with Crippen molar-refractivity contribution in [3.8, 4) is 0 Å². The van der Waals surface area contributed by atoms with Gasteiger partial charge in [-0.1, -0.05) is 31.5 Å². The molecule has 0 unspecified atom stereocenters. The summed E-state index contributed by atoms with van der Waals surface area (Å²) in [5, 5.41) is 4.28. The number of aromatic nitrogens is 2. The number of imidazole rings is 1. The molecule has 120 valence electrons. The maximum Gasteiger partial charge on any atom is 0.261 e. The molecule has 2 aromatic heterocycles. The van der Waals surface area contributed by atoms with Gasteiger partial charge < -0.3 is 9.88 Å². The molecule has 0 aliphatic carbocycles. The molecule has 0 saturated heterocycles. The quantitative estimate of drug-likeness (QED) is 0.670. The number of carbonyl (C=O) groups is 1. The van der Waals surface area contributed by atoms with Crippen molar-refractivity contribution in [2.24, 2.45) is 0 Å². The van der Waals surface area contributed by atoms with Crippen molar-refractivity contribution in [2.75, 3.05) is 6.54 Å². The molecule has 5 heteroatoms. The van der Waals surface area contributed by atoms with Crippen LogP contribution in [0.2, 0.25) is 0 Å². The minimum absolute atomic E-state index is 0.0558. The molecule has 1 amide bonds. The molecule has 3 rings (SSSR count). The fourth-order valence-electron chi connectivity index (χ4n) is 2.74. The number of fused-ring (bicyclic) bond motifs is 1. The van der Waals surface area contributed by atoms with Crippen LogP contribution in [0.4, 0.5) is 0 Å². The number of amides is 1. The van der Waals surface area contributed by atoms with Crippen LogP contribution < -0.4 is 5.32 Å². The Kier molecular flexibility index (Phi) is 5.08. The van der Waals surface area contributed by atoms with Crippen molar-refractivity contribution in [3.05, 3.63) is 53.4 Å². The largest absolute Gasteiger partial charge is 0.351 e. The lowest BCUT2D eigenvalue weighted by Crippen LogP contribution is -2.25. The molecule has 0 saturated carbocycles. The fourth-order valence-corrected chi connectivity index (χ4v) is 3.91. The standard InChI is InChI=1S/C18H21N3OS/c1-2-6-15-14-7-3-4-8-16(14)23-17(15)18(22)20-9-5-11-21-12-10-19-13-21/h3-4,7-8,10,12-13H,2,5-6,9,11H2,1H3,(H,20,22). The van der Waals surface area contributed by atoms with Crippen LogP contribution in [0.1, 0.15) is 35.0 Å². The highest BCUT2D eigenvalue weighted by Crippen LogP contribution is 2.32. The Hall–Kier alpha value is -2.14. The molecule has 0 spiro atoms. The molecule has 3 aromatic rings. The maximum atomic E-state index is 12.6. The molecule has 1 N–H and O–H groups in total. The molecule has 0 atom stereocenters. The van der Waals surface area contributed by atoms with E-state index in [0.29, 0.717) is 6.54 Å². The molecule has 23 heavy (non-hydrogen) atoms. The Balaban J connectivity index is 1.66. The number of thiophene rings is 1. The zero-order chi connectivity index (χ0) is 16.1. The summed E-state index contributed by atoms with van der Waals surface area (Å²) in [7, 11) is 0. The van der Waals surface area contributed by atoms with Crippen molar-refractivity contribution >= 4 is 27.3 Å². The Morgan fingerprint density at radius 2 is 2.22 bits per heavy atom. The molecule has 0 aliphatic rings. The smallest absolute Gasteiger partial charge is 0.261 e.